The van der Waals surface area contributed by atoms with E-state index < -0.39 is 0 Å². The predicted octanol–water partition coefficient (Wildman–Crippen LogP) is 3.77. The fourth-order valence-electron chi connectivity index (χ4n) is 3.04. The highest BCUT2D eigenvalue weighted by Crippen LogP contribution is 2.23. The second kappa shape index (κ2) is 6.37. The lowest BCUT2D eigenvalue weighted by molar-refractivity contribution is -0.0135. The van der Waals surface area contributed by atoms with Gasteiger partial charge in [0.2, 0.25) is 0 Å². The van der Waals surface area contributed by atoms with Crippen LogP contribution in [0.5, 0.6) is 0 Å². The zero-order chi connectivity index (χ0) is 16.4. The van der Waals surface area contributed by atoms with E-state index in [-0.39, 0.29) is 12.1 Å². The van der Waals surface area contributed by atoms with Crippen LogP contribution in [0.4, 0.5) is 10.5 Å². The molecular formula is C19H19N3O2. The third kappa shape index (κ3) is 2.98. The Morgan fingerprint density at radius 3 is 2.92 bits per heavy atom. The van der Waals surface area contributed by atoms with Crippen LogP contribution in [0.15, 0.2) is 60.8 Å². The van der Waals surface area contributed by atoms with Gasteiger partial charge in [-0.05, 0) is 29.8 Å². The van der Waals surface area contributed by atoms with Gasteiger partial charge in [0, 0.05) is 29.3 Å². The molecule has 24 heavy (non-hydrogen) atoms. The van der Waals surface area contributed by atoms with Crippen LogP contribution in [-0.2, 0) is 4.74 Å². The maximum absolute atomic E-state index is 12.6. The van der Waals surface area contributed by atoms with Crippen molar-refractivity contribution in [1.82, 2.24) is 9.88 Å². The van der Waals surface area contributed by atoms with Crippen molar-refractivity contribution < 1.29 is 9.53 Å². The van der Waals surface area contributed by atoms with Crippen molar-refractivity contribution in [2.24, 2.45) is 0 Å². The molecular weight excluding hydrogens is 302 g/mol. The van der Waals surface area contributed by atoms with Gasteiger partial charge in [-0.25, -0.2) is 4.79 Å². The lowest BCUT2D eigenvalue weighted by Crippen LogP contribution is -2.44. The second-order valence-electron chi connectivity index (χ2n) is 5.93. The Bertz CT molecular complexity index is 844. The lowest BCUT2D eigenvalue weighted by Gasteiger charge is -2.33. The van der Waals surface area contributed by atoms with Gasteiger partial charge in [0.25, 0.3) is 0 Å². The Labute approximate surface area is 140 Å². The number of morpholine rings is 1. The van der Waals surface area contributed by atoms with Crippen molar-refractivity contribution >= 4 is 22.6 Å². The summed E-state index contributed by atoms with van der Waals surface area (Å²) in [5.74, 6) is 0. The van der Waals surface area contributed by atoms with Crippen molar-refractivity contribution in [1.29, 1.82) is 0 Å². The van der Waals surface area contributed by atoms with E-state index in [1.54, 1.807) is 0 Å². The van der Waals surface area contributed by atoms with E-state index in [1.807, 2.05) is 65.7 Å². The number of urea groups is 1. The van der Waals surface area contributed by atoms with E-state index in [0.29, 0.717) is 19.7 Å². The van der Waals surface area contributed by atoms with Gasteiger partial charge in [-0.2, -0.15) is 0 Å². The largest absolute Gasteiger partial charge is 0.370 e. The van der Waals surface area contributed by atoms with Crippen LogP contribution in [0.2, 0.25) is 0 Å². The molecule has 1 unspecified atom stereocenters. The number of hydrogen-bond donors (Lipinski definition) is 2. The van der Waals surface area contributed by atoms with Gasteiger partial charge in [-0.3, -0.25) is 0 Å². The molecule has 1 aromatic heterocycles. The molecule has 2 aromatic carbocycles. The van der Waals surface area contributed by atoms with E-state index in [9.17, 15) is 4.79 Å². The summed E-state index contributed by atoms with van der Waals surface area (Å²) in [5.41, 5.74) is 2.96. The van der Waals surface area contributed by atoms with Gasteiger partial charge < -0.3 is 19.9 Å². The molecule has 122 valence electrons. The summed E-state index contributed by atoms with van der Waals surface area (Å²) in [5, 5.41) is 4.06. The zero-order valence-electron chi connectivity index (χ0n) is 13.2. The number of hydrogen-bond acceptors (Lipinski definition) is 2. The normalized spacial score (nSPS) is 17.8. The van der Waals surface area contributed by atoms with Crippen LogP contribution in [0.3, 0.4) is 0 Å². The molecule has 4 rings (SSSR count). The van der Waals surface area contributed by atoms with E-state index in [1.165, 1.54) is 0 Å². The first-order valence-electron chi connectivity index (χ1n) is 8.09. The summed E-state index contributed by atoms with van der Waals surface area (Å²) in [7, 11) is 0. The van der Waals surface area contributed by atoms with Crippen LogP contribution < -0.4 is 5.32 Å². The van der Waals surface area contributed by atoms with E-state index >= 15 is 0 Å². The summed E-state index contributed by atoms with van der Waals surface area (Å²) in [6, 6.07) is 17.8. The molecule has 1 aliphatic rings. The maximum atomic E-state index is 12.6. The topological polar surface area (TPSA) is 57.4 Å². The summed E-state index contributed by atoms with van der Waals surface area (Å²) in [6.07, 6.45) is 1.82. The first-order chi connectivity index (χ1) is 11.8. The third-order valence-corrected chi connectivity index (χ3v) is 4.33. The minimum atomic E-state index is -0.0888. The average molecular weight is 321 g/mol. The number of aromatic nitrogens is 1. The van der Waals surface area contributed by atoms with E-state index in [0.717, 1.165) is 22.2 Å². The van der Waals surface area contributed by atoms with Gasteiger partial charge in [0.05, 0.1) is 13.2 Å². The fourth-order valence-corrected chi connectivity index (χ4v) is 3.04. The molecule has 0 saturated carbocycles. The maximum Gasteiger partial charge on any atom is 0.322 e. The van der Waals surface area contributed by atoms with E-state index in [4.69, 9.17) is 4.74 Å². The standard InChI is InChI=1S/C19H19N3O2/c23-19(21-16-6-7-17-15(12-16)8-9-20-17)22-10-11-24-18(13-22)14-4-2-1-3-5-14/h1-9,12,18,20H,10-11,13H2,(H,21,23). The third-order valence-electron chi connectivity index (χ3n) is 4.33. The Kier molecular flexibility index (Phi) is 3.92. The molecule has 0 spiro atoms. The zero-order valence-corrected chi connectivity index (χ0v) is 13.2. The van der Waals surface area contributed by atoms with Crippen LogP contribution in [0.1, 0.15) is 11.7 Å². The van der Waals surface area contributed by atoms with Gasteiger partial charge in [0.15, 0.2) is 0 Å². The highest BCUT2D eigenvalue weighted by molar-refractivity contribution is 5.92. The lowest BCUT2D eigenvalue weighted by atomic mass is 10.1. The molecule has 1 aliphatic heterocycles. The molecule has 1 atom stereocenters. The molecule has 1 saturated heterocycles. The number of ether oxygens (including phenoxy) is 1. The molecule has 5 heteroatoms. The van der Waals surface area contributed by atoms with Gasteiger partial charge >= 0.3 is 6.03 Å². The summed E-state index contributed by atoms with van der Waals surface area (Å²) in [6.45, 7) is 1.70. The first-order valence-corrected chi connectivity index (χ1v) is 8.09. The summed E-state index contributed by atoms with van der Waals surface area (Å²) < 4.78 is 5.82. The highest BCUT2D eigenvalue weighted by atomic mass is 16.5. The molecule has 2 N–H and O–H groups in total. The van der Waals surface area contributed by atoms with Crippen molar-refractivity contribution in [3.63, 3.8) is 0 Å². The Balaban J connectivity index is 1.45. The Hall–Kier alpha value is -2.79. The number of anilines is 1. The number of H-pyrrole nitrogens is 1. The van der Waals surface area contributed by atoms with Crippen molar-refractivity contribution in [2.75, 3.05) is 25.0 Å². The molecule has 0 radical (unpaired) electrons. The van der Waals surface area contributed by atoms with Crippen LogP contribution in [0.25, 0.3) is 10.9 Å². The molecule has 3 aromatic rings. The number of aromatic amines is 1. The SMILES string of the molecule is O=C(Nc1ccc2[nH]ccc2c1)N1CCOC(c2ccccc2)C1. The summed E-state index contributed by atoms with van der Waals surface area (Å²) in [4.78, 5) is 17.5. The number of benzene rings is 2. The molecule has 2 heterocycles. The van der Waals surface area contributed by atoms with E-state index in [2.05, 4.69) is 10.3 Å². The average Bonchev–Trinajstić information content (AvgIpc) is 3.10. The number of nitrogens with zero attached hydrogens (tertiary/aromatic N) is 1. The van der Waals surface area contributed by atoms with Crippen LogP contribution in [-0.4, -0.2) is 35.6 Å². The van der Waals surface area contributed by atoms with Gasteiger partial charge in [0.1, 0.15) is 6.10 Å². The molecule has 5 nitrogen and oxygen atoms in total. The van der Waals surface area contributed by atoms with Gasteiger partial charge in [-0.1, -0.05) is 30.3 Å². The molecule has 0 aliphatic carbocycles. The van der Waals surface area contributed by atoms with Crippen molar-refractivity contribution in [3.8, 4) is 0 Å². The van der Waals surface area contributed by atoms with Crippen LogP contribution in [0, 0.1) is 0 Å². The fraction of sp³-hybridized carbons (Fsp3) is 0.211. The number of amides is 2. The first kappa shape index (κ1) is 14.8. The minimum Gasteiger partial charge on any atom is -0.370 e. The molecule has 1 fully saturated rings. The van der Waals surface area contributed by atoms with Crippen molar-refractivity contribution in [2.45, 2.75) is 6.10 Å². The highest BCUT2D eigenvalue weighted by Gasteiger charge is 2.25. The predicted molar refractivity (Wildman–Crippen MR) is 94.0 cm³/mol. The molecule has 2 amide bonds. The minimum absolute atomic E-state index is 0.0714. The smallest absolute Gasteiger partial charge is 0.322 e. The monoisotopic (exact) mass is 321 g/mol. The molecule has 0 bridgehead atoms. The van der Waals surface area contributed by atoms with Crippen LogP contribution >= 0.6 is 0 Å². The quantitative estimate of drug-likeness (QED) is 0.755. The van der Waals surface area contributed by atoms with Crippen molar-refractivity contribution in [3.05, 3.63) is 66.4 Å². The number of nitrogens with one attached hydrogen (secondary N) is 2. The van der Waals surface area contributed by atoms with Gasteiger partial charge in [-0.15, -0.1) is 0 Å². The summed E-state index contributed by atoms with van der Waals surface area (Å²) >= 11 is 0. The number of carbonyl (C=O) groups excluding carboxylic acids is 1. The number of fused-ring (bicyclic) bond motifs is 1. The number of rotatable bonds is 2. The Morgan fingerprint density at radius 2 is 2.04 bits per heavy atom. The number of carbonyl (C=O) groups is 1. The second-order valence-corrected chi connectivity index (χ2v) is 5.93. The Morgan fingerprint density at radius 1 is 1.17 bits per heavy atom.